The van der Waals surface area contributed by atoms with E-state index < -0.39 is 0 Å². The molecule has 1 saturated heterocycles. The first-order chi connectivity index (χ1) is 9.31. The van der Waals surface area contributed by atoms with Gasteiger partial charge in [0, 0.05) is 56.5 Å². The summed E-state index contributed by atoms with van der Waals surface area (Å²) in [7, 11) is 0. The fourth-order valence-corrected chi connectivity index (χ4v) is 2.87. The minimum absolute atomic E-state index is 0.708. The minimum atomic E-state index is 0.708. The molecule has 0 radical (unpaired) electrons. The second-order valence-corrected chi connectivity index (χ2v) is 5.82. The maximum Gasteiger partial charge on any atom is 0.130 e. The molecule has 0 atom stereocenters. The van der Waals surface area contributed by atoms with E-state index in [1.54, 1.807) is 0 Å². The molecule has 1 aromatic rings. The first-order valence-electron chi connectivity index (χ1n) is 7.59. The van der Waals surface area contributed by atoms with Crippen molar-refractivity contribution in [3.63, 3.8) is 0 Å². The molecule has 0 bridgehead atoms. The molecule has 1 aliphatic carbocycles. The van der Waals surface area contributed by atoms with E-state index in [4.69, 9.17) is 4.98 Å². The van der Waals surface area contributed by atoms with Gasteiger partial charge in [0.2, 0.25) is 0 Å². The highest BCUT2D eigenvalue weighted by molar-refractivity contribution is 5.16. The average molecular weight is 260 g/mol. The van der Waals surface area contributed by atoms with Crippen LogP contribution in [0.25, 0.3) is 0 Å². The molecule has 2 aliphatic rings. The van der Waals surface area contributed by atoms with Gasteiger partial charge in [-0.3, -0.25) is 0 Å². The Balaban J connectivity index is 1.61. The van der Waals surface area contributed by atoms with Crippen molar-refractivity contribution in [2.24, 2.45) is 0 Å². The number of hydrogen-bond donors (Lipinski definition) is 1. The van der Waals surface area contributed by atoms with Gasteiger partial charge in [0.05, 0.1) is 0 Å². The summed E-state index contributed by atoms with van der Waals surface area (Å²) < 4.78 is 0. The van der Waals surface area contributed by atoms with Gasteiger partial charge in [0.1, 0.15) is 5.82 Å². The number of aromatic nitrogens is 2. The van der Waals surface area contributed by atoms with Crippen LogP contribution in [0.2, 0.25) is 0 Å². The highest BCUT2D eigenvalue weighted by Crippen LogP contribution is 2.35. The third kappa shape index (κ3) is 3.31. The molecule has 2 heterocycles. The number of rotatable bonds is 4. The largest absolute Gasteiger partial charge is 0.314 e. The summed E-state index contributed by atoms with van der Waals surface area (Å²) in [5.41, 5.74) is 2.42. The van der Waals surface area contributed by atoms with Gasteiger partial charge >= 0.3 is 0 Å². The Morgan fingerprint density at radius 2 is 2.05 bits per heavy atom. The van der Waals surface area contributed by atoms with Crippen LogP contribution in [0.1, 0.15) is 42.4 Å². The third-order valence-electron chi connectivity index (χ3n) is 4.31. The number of hydrogen-bond acceptors (Lipinski definition) is 4. The van der Waals surface area contributed by atoms with E-state index in [9.17, 15) is 0 Å². The lowest BCUT2D eigenvalue weighted by Crippen LogP contribution is -2.44. The monoisotopic (exact) mass is 260 g/mol. The first-order valence-corrected chi connectivity index (χ1v) is 7.59. The summed E-state index contributed by atoms with van der Waals surface area (Å²) in [5, 5.41) is 3.39. The molecule has 1 aliphatic heterocycles. The third-order valence-corrected chi connectivity index (χ3v) is 4.31. The maximum absolute atomic E-state index is 4.79. The fourth-order valence-electron chi connectivity index (χ4n) is 2.87. The van der Waals surface area contributed by atoms with Gasteiger partial charge in [-0.15, -0.1) is 0 Å². The second-order valence-electron chi connectivity index (χ2n) is 5.82. The zero-order chi connectivity index (χ0) is 13.1. The number of nitrogens with zero attached hydrogens (tertiary/aromatic N) is 3. The van der Waals surface area contributed by atoms with Gasteiger partial charge in [0.15, 0.2) is 0 Å². The van der Waals surface area contributed by atoms with Crippen molar-refractivity contribution in [1.82, 2.24) is 20.2 Å². The van der Waals surface area contributed by atoms with Crippen LogP contribution in [0.5, 0.6) is 0 Å². The van der Waals surface area contributed by atoms with Crippen molar-refractivity contribution in [2.45, 2.75) is 38.5 Å². The molecule has 4 heteroatoms. The van der Waals surface area contributed by atoms with Crippen molar-refractivity contribution in [3.8, 4) is 0 Å². The molecule has 1 aromatic heterocycles. The highest BCUT2D eigenvalue weighted by Gasteiger charge is 2.21. The van der Waals surface area contributed by atoms with E-state index >= 15 is 0 Å². The molecule has 104 valence electrons. The van der Waals surface area contributed by atoms with Crippen LogP contribution >= 0.6 is 0 Å². The smallest absolute Gasteiger partial charge is 0.130 e. The van der Waals surface area contributed by atoms with E-state index in [2.05, 4.69) is 28.2 Å². The van der Waals surface area contributed by atoms with E-state index in [-0.39, 0.29) is 0 Å². The molecule has 0 aromatic carbocycles. The van der Waals surface area contributed by atoms with Gasteiger partial charge in [-0.25, -0.2) is 9.97 Å². The standard InChI is InChI=1S/C15H24N4/c1-12-11-14(13-3-2-4-13)18-15(17-12)5-8-19-9-6-16-7-10-19/h11,13,16H,2-10H2,1H3. The van der Waals surface area contributed by atoms with Gasteiger partial charge < -0.3 is 10.2 Å². The van der Waals surface area contributed by atoms with Crippen LogP contribution < -0.4 is 5.32 Å². The molecule has 0 amide bonds. The number of aryl methyl sites for hydroxylation is 1. The summed E-state index contributed by atoms with van der Waals surface area (Å²) in [6.45, 7) is 7.72. The normalized spacial score (nSPS) is 21.3. The zero-order valence-corrected chi connectivity index (χ0v) is 11.9. The summed E-state index contributed by atoms with van der Waals surface area (Å²) in [6, 6.07) is 2.18. The Hall–Kier alpha value is -1.00. The minimum Gasteiger partial charge on any atom is -0.314 e. The molecule has 1 N–H and O–H groups in total. The van der Waals surface area contributed by atoms with Crippen LogP contribution in [0.3, 0.4) is 0 Å². The van der Waals surface area contributed by atoms with Crippen molar-refractivity contribution >= 4 is 0 Å². The number of piperazine rings is 1. The molecular formula is C15H24N4. The summed E-state index contributed by atoms with van der Waals surface area (Å²) >= 11 is 0. The van der Waals surface area contributed by atoms with Gasteiger partial charge in [-0.05, 0) is 25.8 Å². The van der Waals surface area contributed by atoms with Crippen molar-refractivity contribution < 1.29 is 0 Å². The quantitative estimate of drug-likeness (QED) is 0.891. The molecule has 2 fully saturated rings. The Morgan fingerprint density at radius 3 is 2.74 bits per heavy atom. The summed E-state index contributed by atoms with van der Waals surface area (Å²) in [5.74, 6) is 1.75. The van der Waals surface area contributed by atoms with Crippen LogP contribution in [0.15, 0.2) is 6.07 Å². The van der Waals surface area contributed by atoms with E-state index in [0.717, 1.165) is 50.7 Å². The predicted molar refractivity (Wildman–Crippen MR) is 76.4 cm³/mol. The zero-order valence-electron chi connectivity index (χ0n) is 11.9. The second kappa shape index (κ2) is 5.97. The Kier molecular flexibility index (Phi) is 4.09. The Morgan fingerprint density at radius 1 is 1.26 bits per heavy atom. The molecule has 4 nitrogen and oxygen atoms in total. The maximum atomic E-state index is 4.79. The lowest BCUT2D eigenvalue weighted by molar-refractivity contribution is 0.242. The van der Waals surface area contributed by atoms with Crippen molar-refractivity contribution in [3.05, 3.63) is 23.3 Å². The number of nitrogens with one attached hydrogen (secondary N) is 1. The van der Waals surface area contributed by atoms with Crippen molar-refractivity contribution in [1.29, 1.82) is 0 Å². The van der Waals surface area contributed by atoms with Gasteiger partial charge in [-0.2, -0.15) is 0 Å². The summed E-state index contributed by atoms with van der Waals surface area (Å²) in [4.78, 5) is 11.9. The van der Waals surface area contributed by atoms with Crippen LogP contribution in [-0.4, -0.2) is 47.6 Å². The van der Waals surface area contributed by atoms with Crippen LogP contribution in [0.4, 0.5) is 0 Å². The topological polar surface area (TPSA) is 41.1 Å². The molecule has 19 heavy (non-hydrogen) atoms. The van der Waals surface area contributed by atoms with E-state index in [1.807, 2.05) is 0 Å². The van der Waals surface area contributed by atoms with Gasteiger partial charge in [0.25, 0.3) is 0 Å². The summed E-state index contributed by atoms with van der Waals surface area (Å²) in [6.07, 6.45) is 4.98. The van der Waals surface area contributed by atoms with Crippen molar-refractivity contribution in [2.75, 3.05) is 32.7 Å². The molecule has 0 unspecified atom stereocenters. The van der Waals surface area contributed by atoms with Crippen LogP contribution in [-0.2, 0) is 6.42 Å². The first kappa shape index (κ1) is 13.0. The van der Waals surface area contributed by atoms with Gasteiger partial charge in [-0.1, -0.05) is 6.42 Å². The predicted octanol–water partition coefficient (Wildman–Crippen LogP) is 1.50. The lowest BCUT2D eigenvalue weighted by Gasteiger charge is -2.27. The Labute approximate surface area is 115 Å². The highest BCUT2D eigenvalue weighted by atomic mass is 15.2. The molecule has 1 saturated carbocycles. The molecule has 3 rings (SSSR count). The SMILES string of the molecule is Cc1cc(C2CCC2)nc(CCN2CCNCC2)n1. The Bertz CT molecular complexity index is 422. The van der Waals surface area contributed by atoms with Crippen LogP contribution in [0, 0.1) is 6.92 Å². The molecule has 0 spiro atoms. The average Bonchev–Trinajstić information content (AvgIpc) is 2.35. The molecular weight excluding hydrogens is 236 g/mol. The van der Waals surface area contributed by atoms with E-state index in [0.29, 0.717) is 5.92 Å². The lowest BCUT2D eigenvalue weighted by atomic mass is 9.82. The fraction of sp³-hybridized carbons (Fsp3) is 0.733. The van der Waals surface area contributed by atoms with E-state index in [1.165, 1.54) is 25.0 Å².